The molecule has 0 aliphatic rings. The zero-order valence-corrected chi connectivity index (χ0v) is 11.6. The van der Waals surface area contributed by atoms with Gasteiger partial charge in [-0.05, 0) is 40.0 Å². The molecule has 0 aliphatic carbocycles. The highest BCUT2D eigenvalue weighted by atomic mass is 79.9. The van der Waals surface area contributed by atoms with Crippen LogP contribution in [-0.2, 0) is 4.79 Å². The van der Waals surface area contributed by atoms with Crippen LogP contribution in [0.1, 0.15) is 24.2 Å². The fourth-order valence-corrected chi connectivity index (χ4v) is 1.64. The first kappa shape index (κ1) is 14.5. The SMILES string of the molecule is CC(C)[C@H](NC(=O)c1ccc(Br)c(O)c1)C(=O)O. The Hall–Kier alpha value is -1.56. The van der Waals surface area contributed by atoms with Crippen molar-refractivity contribution >= 4 is 27.8 Å². The van der Waals surface area contributed by atoms with E-state index >= 15 is 0 Å². The molecule has 0 heterocycles. The topological polar surface area (TPSA) is 86.6 Å². The number of phenolic OH excluding ortho intramolecular Hbond substituents is 1. The zero-order chi connectivity index (χ0) is 13.9. The lowest BCUT2D eigenvalue weighted by atomic mass is 10.0. The van der Waals surface area contributed by atoms with Gasteiger partial charge < -0.3 is 15.5 Å². The number of halogens is 1. The maximum Gasteiger partial charge on any atom is 0.326 e. The third-order valence-electron chi connectivity index (χ3n) is 2.43. The van der Waals surface area contributed by atoms with Crippen molar-refractivity contribution in [2.75, 3.05) is 0 Å². The first-order valence-corrected chi connectivity index (χ1v) is 6.14. The quantitative estimate of drug-likeness (QED) is 0.793. The molecule has 0 aliphatic heterocycles. The molecule has 0 unspecified atom stereocenters. The first-order chi connectivity index (χ1) is 8.32. The number of hydrogen-bond acceptors (Lipinski definition) is 3. The summed E-state index contributed by atoms with van der Waals surface area (Å²) in [6.07, 6.45) is 0. The Balaban J connectivity index is 2.87. The van der Waals surface area contributed by atoms with E-state index in [1.54, 1.807) is 13.8 Å². The van der Waals surface area contributed by atoms with Crippen molar-refractivity contribution < 1.29 is 19.8 Å². The second-order valence-corrected chi connectivity index (χ2v) is 5.05. The van der Waals surface area contributed by atoms with Crippen LogP contribution in [0.25, 0.3) is 0 Å². The van der Waals surface area contributed by atoms with Gasteiger partial charge in [-0.25, -0.2) is 4.79 Å². The van der Waals surface area contributed by atoms with Gasteiger partial charge in [0.05, 0.1) is 4.47 Å². The number of hydrogen-bond donors (Lipinski definition) is 3. The van der Waals surface area contributed by atoms with Crippen LogP contribution in [0.2, 0.25) is 0 Å². The van der Waals surface area contributed by atoms with Crippen LogP contribution in [-0.4, -0.2) is 28.1 Å². The molecule has 1 atom stereocenters. The standard InChI is InChI=1S/C12H14BrNO4/c1-6(2)10(12(17)18)14-11(16)7-3-4-8(13)9(15)5-7/h3-6,10,15H,1-2H3,(H,14,16)(H,17,18)/t10-/m0/s1. The summed E-state index contributed by atoms with van der Waals surface area (Å²) in [5.41, 5.74) is 0.211. The summed E-state index contributed by atoms with van der Waals surface area (Å²) in [6.45, 7) is 3.41. The summed E-state index contributed by atoms with van der Waals surface area (Å²) in [6, 6.07) is 3.34. The molecular weight excluding hydrogens is 302 g/mol. The third kappa shape index (κ3) is 3.46. The van der Waals surface area contributed by atoms with Crippen LogP contribution < -0.4 is 5.32 Å². The largest absolute Gasteiger partial charge is 0.507 e. The highest BCUT2D eigenvalue weighted by molar-refractivity contribution is 9.10. The van der Waals surface area contributed by atoms with Crippen molar-refractivity contribution in [3.05, 3.63) is 28.2 Å². The minimum absolute atomic E-state index is 0.0703. The predicted octanol–water partition coefficient (Wildman–Crippen LogP) is 1.99. The molecule has 18 heavy (non-hydrogen) atoms. The highest BCUT2D eigenvalue weighted by Gasteiger charge is 2.24. The molecule has 0 radical (unpaired) electrons. The van der Waals surface area contributed by atoms with Crippen molar-refractivity contribution in [3.63, 3.8) is 0 Å². The molecule has 98 valence electrons. The van der Waals surface area contributed by atoms with Gasteiger partial charge in [0.2, 0.25) is 0 Å². The molecule has 0 saturated carbocycles. The highest BCUT2D eigenvalue weighted by Crippen LogP contribution is 2.24. The van der Waals surface area contributed by atoms with Gasteiger partial charge in [0.25, 0.3) is 5.91 Å². The van der Waals surface area contributed by atoms with E-state index < -0.39 is 17.9 Å². The van der Waals surface area contributed by atoms with Gasteiger partial charge in [-0.1, -0.05) is 13.8 Å². The molecule has 0 aromatic heterocycles. The van der Waals surface area contributed by atoms with Gasteiger partial charge in [-0.2, -0.15) is 0 Å². The summed E-state index contributed by atoms with van der Waals surface area (Å²) >= 11 is 3.10. The molecule has 0 saturated heterocycles. The molecule has 1 rings (SSSR count). The maximum absolute atomic E-state index is 11.8. The van der Waals surface area contributed by atoms with Crippen LogP contribution in [0.3, 0.4) is 0 Å². The number of amides is 1. The molecule has 0 bridgehead atoms. The number of nitrogens with one attached hydrogen (secondary N) is 1. The minimum atomic E-state index is -1.08. The molecular formula is C12H14BrNO4. The van der Waals surface area contributed by atoms with E-state index in [1.807, 2.05) is 0 Å². The molecule has 6 heteroatoms. The maximum atomic E-state index is 11.8. The van der Waals surface area contributed by atoms with E-state index in [9.17, 15) is 14.7 Å². The summed E-state index contributed by atoms with van der Waals surface area (Å²) in [5.74, 6) is -1.91. The smallest absolute Gasteiger partial charge is 0.326 e. The number of carboxylic acids is 1. The molecule has 1 amide bonds. The van der Waals surface area contributed by atoms with Gasteiger partial charge in [-0.3, -0.25) is 4.79 Å². The normalized spacial score (nSPS) is 12.2. The molecule has 0 spiro atoms. The lowest BCUT2D eigenvalue weighted by molar-refractivity contribution is -0.140. The van der Waals surface area contributed by atoms with Gasteiger partial charge in [0.1, 0.15) is 11.8 Å². The van der Waals surface area contributed by atoms with Crippen LogP contribution in [0.15, 0.2) is 22.7 Å². The van der Waals surface area contributed by atoms with Gasteiger partial charge in [0.15, 0.2) is 0 Å². The van der Waals surface area contributed by atoms with Crippen molar-refractivity contribution in [3.8, 4) is 5.75 Å². The number of rotatable bonds is 4. The summed E-state index contributed by atoms with van der Waals surface area (Å²) < 4.78 is 0.470. The molecule has 1 aromatic carbocycles. The zero-order valence-electron chi connectivity index (χ0n) is 9.98. The average Bonchev–Trinajstić information content (AvgIpc) is 2.28. The lowest BCUT2D eigenvalue weighted by Crippen LogP contribution is -2.44. The second-order valence-electron chi connectivity index (χ2n) is 4.20. The Bertz CT molecular complexity index is 473. The molecule has 3 N–H and O–H groups in total. The number of aromatic hydroxyl groups is 1. The van der Waals surface area contributed by atoms with Crippen LogP contribution >= 0.6 is 15.9 Å². The number of phenols is 1. The molecule has 5 nitrogen and oxygen atoms in total. The van der Waals surface area contributed by atoms with Gasteiger partial charge in [0, 0.05) is 5.56 Å². The van der Waals surface area contributed by atoms with E-state index in [4.69, 9.17) is 5.11 Å². The van der Waals surface area contributed by atoms with E-state index in [2.05, 4.69) is 21.2 Å². The van der Waals surface area contributed by atoms with E-state index in [-0.39, 0.29) is 17.2 Å². The Morgan fingerprint density at radius 1 is 1.33 bits per heavy atom. The summed E-state index contributed by atoms with van der Waals surface area (Å²) in [5, 5.41) is 20.8. The van der Waals surface area contributed by atoms with E-state index in [0.717, 1.165) is 0 Å². The number of aliphatic carboxylic acids is 1. The van der Waals surface area contributed by atoms with E-state index in [1.165, 1.54) is 18.2 Å². The Kier molecular flexibility index (Phi) is 4.72. The molecule has 0 fully saturated rings. The third-order valence-corrected chi connectivity index (χ3v) is 3.10. The van der Waals surface area contributed by atoms with Crippen molar-refractivity contribution in [2.45, 2.75) is 19.9 Å². The van der Waals surface area contributed by atoms with Crippen molar-refractivity contribution in [1.29, 1.82) is 0 Å². The predicted molar refractivity (Wildman–Crippen MR) is 69.5 cm³/mol. The number of carbonyl (C=O) groups excluding carboxylic acids is 1. The summed E-state index contributed by atoms with van der Waals surface area (Å²) in [4.78, 5) is 22.8. The van der Waals surface area contributed by atoms with Crippen LogP contribution in [0.5, 0.6) is 5.75 Å². The Labute approximate surface area is 113 Å². The number of benzene rings is 1. The van der Waals surface area contributed by atoms with Crippen LogP contribution in [0, 0.1) is 5.92 Å². The Morgan fingerprint density at radius 2 is 1.94 bits per heavy atom. The fourth-order valence-electron chi connectivity index (χ4n) is 1.39. The van der Waals surface area contributed by atoms with Crippen LogP contribution in [0.4, 0.5) is 0 Å². The van der Waals surface area contributed by atoms with Gasteiger partial charge >= 0.3 is 5.97 Å². The first-order valence-electron chi connectivity index (χ1n) is 5.35. The number of carbonyl (C=O) groups is 2. The van der Waals surface area contributed by atoms with Gasteiger partial charge in [-0.15, -0.1) is 0 Å². The number of carboxylic acid groups (broad SMARTS) is 1. The summed E-state index contributed by atoms with van der Waals surface area (Å²) in [7, 11) is 0. The second kappa shape index (κ2) is 5.86. The lowest BCUT2D eigenvalue weighted by Gasteiger charge is -2.17. The average molecular weight is 316 g/mol. The van der Waals surface area contributed by atoms with Crippen molar-refractivity contribution in [1.82, 2.24) is 5.32 Å². The Morgan fingerprint density at radius 3 is 2.39 bits per heavy atom. The molecule has 1 aromatic rings. The van der Waals surface area contributed by atoms with E-state index in [0.29, 0.717) is 4.47 Å². The van der Waals surface area contributed by atoms with Crippen molar-refractivity contribution in [2.24, 2.45) is 5.92 Å². The minimum Gasteiger partial charge on any atom is -0.507 e. The fraction of sp³-hybridized carbons (Fsp3) is 0.333. The monoisotopic (exact) mass is 315 g/mol.